The monoisotopic (exact) mass is 288 g/mol. The first-order valence-corrected chi connectivity index (χ1v) is 7.37. The molecule has 2 rings (SSSR count). The van der Waals surface area contributed by atoms with Gasteiger partial charge in [0.15, 0.2) is 0 Å². The molecule has 104 valence electrons. The molecule has 0 saturated heterocycles. The summed E-state index contributed by atoms with van der Waals surface area (Å²) in [6.45, 7) is 0.568. The molecule has 0 atom stereocenters. The molecular formula is C15H16N2O2S. The fourth-order valence-electron chi connectivity index (χ4n) is 2.04. The van der Waals surface area contributed by atoms with Crippen molar-refractivity contribution < 1.29 is 9.90 Å². The van der Waals surface area contributed by atoms with E-state index in [1.807, 2.05) is 54.6 Å². The first-order valence-electron chi connectivity index (χ1n) is 6.15. The first kappa shape index (κ1) is 14.4. The van der Waals surface area contributed by atoms with E-state index in [0.717, 1.165) is 10.6 Å². The molecular weight excluding hydrogens is 272 g/mol. The van der Waals surface area contributed by atoms with Crippen LogP contribution in [0.5, 0.6) is 0 Å². The molecule has 0 bridgehead atoms. The summed E-state index contributed by atoms with van der Waals surface area (Å²) < 4.78 is 0. The lowest BCUT2D eigenvalue weighted by Gasteiger charge is -2.22. The first-order chi connectivity index (χ1) is 9.63. The number of anilines is 1. The number of rotatable bonds is 5. The van der Waals surface area contributed by atoms with E-state index in [2.05, 4.69) is 4.98 Å². The lowest BCUT2D eigenvalue weighted by Crippen LogP contribution is -2.20. The van der Waals surface area contributed by atoms with E-state index in [0.29, 0.717) is 17.8 Å². The van der Waals surface area contributed by atoms with Crippen LogP contribution in [-0.2, 0) is 6.54 Å². The molecule has 4 nitrogen and oxygen atoms in total. The van der Waals surface area contributed by atoms with E-state index in [-0.39, 0.29) is 0 Å². The van der Waals surface area contributed by atoms with Crippen molar-refractivity contribution >= 4 is 23.4 Å². The van der Waals surface area contributed by atoms with E-state index in [1.54, 1.807) is 6.20 Å². The van der Waals surface area contributed by atoms with Crippen LogP contribution in [0.1, 0.15) is 16.1 Å². The molecule has 2 aromatic rings. The lowest BCUT2D eigenvalue weighted by molar-refractivity contribution is 0.0694. The van der Waals surface area contributed by atoms with Gasteiger partial charge >= 0.3 is 5.97 Å². The van der Waals surface area contributed by atoms with Crippen LogP contribution < -0.4 is 4.90 Å². The third kappa shape index (κ3) is 3.11. The van der Waals surface area contributed by atoms with E-state index in [1.165, 1.54) is 11.8 Å². The summed E-state index contributed by atoms with van der Waals surface area (Å²) in [5, 5.41) is 9.44. The van der Waals surface area contributed by atoms with Crippen LogP contribution in [0.25, 0.3) is 0 Å². The Balaban J connectivity index is 2.34. The minimum Gasteiger partial charge on any atom is -0.478 e. The molecule has 1 N–H and O–H groups in total. The quantitative estimate of drug-likeness (QED) is 0.857. The molecule has 0 spiro atoms. The second-order valence-corrected chi connectivity index (χ2v) is 5.18. The lowest BCUT2D eigenvalue weighted by atomic mass is 10.1. The Hall–Kier alpha value is -2.01. The molecule has 0 aliphatic carbocycles. The summed E-state index contributed by atoms with van der Waals surface area (Å²) in [4.78, 5) is 18.4. The number of pyridine rings is 1. The van der Waals surface area contributed by atoms with Gasteiger partial charge in [0.25, 0.3) is 0 Å². The molecule has 0 radical (unpaired) electrons. The second-order valence-electron chi connectivity index (χ2n) is 4.34. The Morgan fingerprint density at radius 3 is 2.70 bits per heavy atom. The zero-order chi connectivity index (χ0) is 14.5. The van der Waals surface area contributed by atoms with Gasteiger partial charge in [-0.25, -0.2) is 4.79 Å². The second kappa shape index (κ2) is 6.43. The topological polar surface area (TPSA) is 53.4 Å². The predicted molar refractivity (Wildman–Crippen MR) is 81.5 cm³/mol. The molecule has 0 unspecified atom stereocenters. The Bertz CT molecular complexity index is 602. The molecule has 1 aromatic heterocycles. The van der Waals surface area contributed by atoms with Gasteiger partial charge in [-0.05, 0) is 30.5 Å². The summed E-state index contributed by atoms with van der Waals surface area (Å²) in [5.41, 5.74) is 1.95. The Morgan fingerprint density at radius 2 is 2.10 bits per heavy atom. The molecule has 0 saturated carbocycles. The highest BCUT2D eigenvalue weighted by molar-refractivity contribution is 7.98. The fourth-order valence-corrected chi connectivity index (χ4v) is 2.65. The molecule has 20 heavy (non-hydrogen) atoms. The number of carboxylic acids is 1. The van der Waals surface area contributed by atoms with Crippen molar-refractivity contribution in [2.24, 2.45) is 0 Å². The number of hydrogen-bond acceptors (Lipinski definition) is 4. The Labute approximate surface area is 122 Å². The van der Waals surface area contributed by atoms with Crippen molar-refractivity contribution in [1.29, 1.82) is 0 Å². The van der Waals surface area contributed by atoms with Crippen LogP contribution in [0.2, 0.25) is 0 Å². The summed E-state index contributed by atoms with van der Waals surface area (Å²) in [7, 11) is 1.88. The highest BCUT2D eigenvalue weighted by atomic mass is 32.2. The van der Waals surface area contributed by atoms with Gasteiger partial charge in [0.1, 0.15) is 0 Å². The third-order valence-electron chi connectivity index (χ3n) is 2.97. The predicted octanol–water partition coefficient (Wildman–Crippen LogP) is 3.14. The van der Waals surface area contributed by atoms with Crippen LogP contribution in [-0.4, -0.2) is 29.4 Å². The molecule has 0 aliphatic rings. The van der Waals surface area contributed by atoms with Gasteiger partial charge < -0.3 is 10.0 Å². The number of aromatic carboxylic acids is 1. The highest BCUT2D eigenvalue weighted by Crippen LogP contribution is 2.29. The maximum atomic E-state index is 11.5. The molecule has 0 aliphatic heterocycles. The Kier molecular flexibility index (Phi) is 4.63. The maximum Gasteiger partial charge on any atom is 0.338 e. The van der Waals surface area contributed by atoms with Crippen LogP contribution in [0.15, 0.2) is 47.5 Å². The summed E-state index contributed by atoms with van der Waals surface area (Å²) in [6.07, 6.45) is 3.61. The van der Waals surface area contributed by atoms with Crippen LogP contribution >= 0.6 is 11.8 Å². The number of aromatic nitrogens is 1. The molecule has 1 heterocycles. The minimum atomic E-state index is -0.905. The van der Waals surface area contributed by atoms with Crippen molar-refractivity contribution in [3.05, 3.63) is 53.9 Å². The largest absolute Gasteiger partial charge is 0.478 e. The standard InChI is InChI=1S/C15H16N2O2S/c1-17(10-11-6-3-4-9-16-11)12-7-5-8-13(20-2)14(12)15(18)19/h3-9H,10H2,1-2H3,(H,18,19). The average molecular weight is 288 g/mol. The summed E-state index contributed by atoms with van der Waals surface area (Å²) >= 11 is 1.44. The zero-order valence-electron chi connectivity index (χ0n) is 11.4. The van der Waals surface area contributed by atoms with E-state index >= 15 is 0 Å². The molecule has 0 fully saturated rings. The van der Waals surface area contributed by atoms with Crippen molar-refractivity contribution in [3.8, 4) is 0 Å². The molecule has 0 amide bonds. The van der Waals surface area contributed by atoms with Gasteiger partial charge in [-0.15, -0.1) is 11.8 Å². The van der Waals surface area contributed by atoms with Gasteiger partial charge in [-0.3, -0.25) is 4.98 Å². The van der Waals surface area contributed by atoms with Crippen molar-refractivity contribution in [3.63, 3.8) is 0 Å². The number of benzene rings is 1. The van der Waals surface area contributed by atoms with Gasteiger partial charge in [0, 0.05) is 18.1 Å². The number of hydrogen-bond donors (Lipinski definition) is 1. The summed E-state index contributed by atoms with van der Waals surface area (Å²) in [5.74, 6) is -0.905. The van der Waals surface area contributed by atoms with Crippen molar-refractivity contribution in [2.75, 3.05) is 18.2 Å². The normalized spacial score (nSPS) is 10.3. The highest BCUT2D eigenvalue weighted by Gasteiger charge is 2.17. The molecule has 5 heteroatoms. The number of thioether (sulfide) groups is 1. The van der Waals surface area contributed by atoms with Gasteiger partial charge in [-0.1, -0.05) is 12.1 Å². The Morgan fingerprint density at radius 1 is 1.30 bits per heavy atom. The van der Waals surface area contributed by atoms with Crippen LogP contribution in [0.3, 0.4) is 0 Å². The maximum absolute atomic E-state index is 11.5. The zero-order valence-corrected chi connectivity index (χ0v) is 12.2. The number of nitrogens with zero attached hydrogens (tertiary/aromatic N) is 2. The fraction of sp³-hybridized carbons (Fsp3) is 0.200. The van der Waals surface area contributed by atoms with Crippen LogP contribution in [0, 0.1) is 0 Å². The average Bonchev–Trinajstić information content (AvgIpc) is 2.47. The van der Waals surface area contributed by atoms with Gasteiger partial charge in [0.05, 0.1) is 23.5 Å². The molecule has 1 aromatic carbocycles. The van der Waals surface area contributed by atoms with Gasteiger partial charge in [-0.2, -0.15) is 0 Å². The summed E-state index contributed by atoms with van der Waals surface area (Å²) in [6, 6.07) is 11.2. The van der Waals surface area contributed by atoms with E-state index < -0.39 is 5.97 Å². The van der Waals surface area contributed by atoms with Gasteiger partial charge in [0.2, 0.25) is 0 Å². The van der Waals surface area contributed by atoms with Crippen molar-refractivity contribution in [2.45, 2.75) is 11.4 Å². The van der Waals surface area contributed by atoms with Crippen LogP contribution in [0.4, 0.5) is 5.69 Å². The van der Waals surface area contributed by atoms with Crippen molar-refractivity contribution in [1.82, 2.24) is 4.98 Å². The SMILES string of the molecule is CSc1cccc(N(C)Cc2ccccn2)c1C(=O)O. The minimum absolute atomic E-state index is 0.346. The number of carbonyl (C=O) groups is 1. The van der Waals surface area contributed by atoms with E-state index in [9.17, 15) is 9.90 Å². The number of carboxylic acid groups (broad SMARTS) is 1. The van der Waals surface area contributed by atoms with E-state index in [4.69, 9.17) is 0 Å². The smallest absolute Gasteiger partial charge is 0.338 e. The third-order valence-corrected chi connectivity index (χ3v) is 3.75.